The average molecular weight is 548 g/mol. The van der Waals surface area contributed by atoms with E-state index < -0.39 is 11.4 Å². The predicted octanol–water partition coefficient (Wildman–Crippen LogP) is 7.60. The van der Waals surface area contributed by atoms with Gasteiger partial charge in [-0.05, 0) is 91.6 Å². The summed E-state index contributed by atoms with van der Waals surface area (Å²) in [7, 11) is 2.94. The molecule has 3 aromatic carbocycles. The summed E-state index contributed by atoms with van der Waals surface area (Å²) in [5, 5.41) is 3.66. The SMILES string of the molecule is COC(=O)C[C@@H](c1cccc(OCc2ccc(-c3cc(OC)ccc3F)c(OC(C)(C)CN=[N+]=[N-])c2)c1)C1CC1. The lowest BCUT2D eigenvalue weighted by Gasteiger charge is -2.27. The minimum absolute atomic E-state index is 0.0881. The van der Waals surface area contributed by atoms with Crippen LogP contribution >= 0.6 is 0 Å². The van der Waals surface area contributed by atoms with Gasteiger partial charge in [-0.25, -0.2) is 4.39 Å². The molecule has 0 radical (unpaired) electrons. The average Bonchev–Trinajstić information content (AvgIpc) is 3.79. The fraction of sp³-hybridized carbons (Fsp3) is 0.387. The summed E-state index contributed by atoms with van der Waals surface area (Å²) in [5.41, 5.74) is 10.7. The first-order chi connectivity index (χ1) is 19.2. The quantitative estimate of drug-likeness (QED) is 0.0948. The molecule has 0 unspecified atom stereocenters. The molecular weight excluding hydrogens is 513 g/mol. The van der Waals surface area contributed by atoms with Crippen molar-refractivity contribution in [1.29, 1.82) is 0 Å². The highest BCUT2D eigenvalue weighted by atomic mass is 19.1. The predicted molar refractivity (Wildman–Crippen MR) is 150 cm³/mol. The number of carbonyl (C=O) groups excluding carboxylic acids is 1. The molecule has 3 aromatic rings. The van der Waals surface area contributed by atoms with E-state index in [4.69, 9.17) is 24.5 Å². The molecule has 0 saturated heterocycles. The van der Waals surface area contributed by atoms with Gasteiger partial charge < -0.3 is 18.9 Å². The van der Waals surface area contributed by atoms with E-state index in [0.717, 1.165) is 24.0 Å². The Balaban J connectivity index is 1.60. The third-order valence-electron chi connectivity index (χ3n) is 6.91. The van der Waals surface area contributed by atoms with E-state index in [1.54, 1.807) is 38.1 Å². The summed E-state index contributed by atoms with van der Waals surface area (Å²) >= 11 is 0. The third kappa shape index (κ3) is 7.45. The topological polar surface area (TPSA) is 103 Å². The highest BCUT2D eigenvalue weighted by Gasteiger charge is 2.34. The molecule has 8 nitrogen and oxygen atoms in total. The summed E-state index contributed by atoms with van der Waals surface area (Å²) in [6.07, 6.45) is 2.55. The second-order valence-electron chi connectivity index (χ2n) is 10.5. The van der Waals surface area contributed by atoms with Crippen LogP contribution in [0.1, 0.15) is 50.2 Å². The van der Waals surface area contributed by atoms with E-state index in [9.17, 15) is 9.18 Å². The van der Waals surface area contributed by atoms with E-state index in [-0.39, 0.29) is 25.0 Å². The molecule has 1 atom stereocenters. The van der Waals surface area contributed by atoms with Gasteiger partial charge in [-0.1, -0.05) is 29.4 Å². The summed E-state index contributed by atoms with van der Waals surface area (Å²) in [6.45, 7) is 3.92. The molecule has 40 heavy (non-hydrogen) atoms. The zero-order valence-corrected chi connectivity index (χ0v) is 23.2. The number of rotatable bonds is 13. The van der Waals surface area contributed by atoms with Crippen LogP contribution in [0.15, 0.2) is 65.8 Å². The van der Waals surface area contributed by atoms with Crippen LogP contribution in [0.3, 0.4) is 0 Å². The maximum absolute atomic E-state index is 14.9. The summed E-state index contributed by atoms with van der Waals surface area (Å²) in [4.78, 5) is 14.8. The molecule has 1 aliphatic rings. The van der Waals surface area contributed by atoms with E-state index >= 15 is 0 Å². The Morgan fingerprint density at radius 1 is 1.07 bits per heavy atom. The molecule has 1 fully saturated rings. The van der Waals surface area contributed by atoms with Crippen LogP contribution in [0.5, 0.6) is 17.2 Å². The van der Waals surface area contributed by atoms with Gasteiger partial charge in [0.25, 0.3) is 0 Å². The Morgan fingerprint density at radius 2 is 1.88 bits per heavy atom. The molecule has 0 amide bonds. The Morgan fingerprint density at radius 3 is 2.58 bits per heavy atom. The molecule has 4 rings (SSSR count). The number of benzene rings is 3. The van der Waals surface area contributed by atoms with Crippen molar-refractivity contribution in [3.05, 3.63) is 88.1 Å². The fourth-order valence-corrected chi connectivity index (χ4v) is 4.65. The van der Waals surface area contributed by atoms with Gasteiger partial charge in [0.2, 0.25) is 0 Å². The van der Waals surface area contributed by atoms with E-state index in [1.165, 1.54) is 20.3 Å². The van der Waals surface area contributed by atoms with Gasteiger partial charge >= 0.3 is 5.97 Å². The van der Waals surface area contributed by atoms with Crippen LogP contribution in [0.4, 0.5) is 4.39 Å². The van der Waals surface area contributed by atoms with Gasteiger partial charge in [0.1, 0.15) is 35.3 Å². The number of ether oxygens (including phenoxy) is 4. The fourth-order valence-electron chi connectivity index (χ4n) is 4.65. The van der Waals surface area contributed by atoms with Crippen LogP contribution in [-0.2, 0) is 16.1 Å². The lowest BCUT2D eigenvalue weighted by molar-refractivity contribution is -0.141. The molecule has 0 bridgehead atoms. The van der Waals surface area contributed by atoms with Gasteiger partial charge in [0, 0.05) is 16.0 Å². The first kappa shape index (κ1) is 28.8. The van der Waals surface area contributed by atoms with Crippen molar-refractivity contribution in [2.45, 2.75) is 51.2 Å². The summed E-state index contributed by atoms with van der Waals surface area (Å²) < 4.78 is 37.5. The lowest BCUT2D eigenvalue weighted by Crippen LogP contribution is -2.31. The molecule has 1 aliphatic carbocycles. The normalized spacial score (nSPS) is 13.6. The van der Waals surface area contributed by atoms with Crippen molar-refractivity contribution in [2.75, 3.05) is 20.8 Å². The first-order valence-electron chi connectivity index (χ1n) is 13.2. The third-order valence-corrected chi connectivity index (χ3v) is 6.91. The number of nitrogens with zero attached hydrogens (tertiary/aromatic N) is 3. The summed E-state index contributed by atoms with van der Waals surface area (Å²) in [5.74, 6) is 1.57. The maximum Gasteiger partial charge on any atom is 0.306 e. The number of esters is 1. The number of carbonyl (C=O) groups is 1. The molecule has 9 heteroatoms. The van der Waals surface area contributed by atoms with Crippen LogP contribution in [0.25, 0.3) is 21.6 Å². The van der Waals surface area contributed by atoms with Gasteiger partial charge in [0.15, 0.2) is 0 Å². The van der Waals surface area contributed by atoms with Crippen LogP contribution in [-0.4, -0.2) is 32.3 Å². The zero-order valence-electron chi connectivity index (χ0n) is 23.2. The van der Waals surface area contributed by atoms with Gasteiger partial charge in [0.05, 0.1) is 27.2 Å². The number of halogens is 1. The Kier molecular flexibility index (Phi) is 9.17. The Bertz CT molecular complexity index is 1400. The number of hydrogen-bond acceptors (Lipinski definition) is 6. The molecule has 0 aliphatic heterocycles. The van der Waals surface area contributed by atoms with Crippen molar-refractivity contribution >= 4 is 5.97 Å². The smallest absolute Gasteiger partial charge is 0.306 e. The molecule has 210 valence electrons. The molecule has 0 N–H and O–H groups in total. The lowest BCUT2D eigenvalue weighted by atomic mass is 9.91. The monoisotopic (exact) mass is 547 g/mol. The van der Waals surface area contributed by atoms with E-state index in [2.05, 4.69) is 10.0 Å². The zero-order chi connectivity index (χ0) is 28.7. The highest BCUT2D eigenvalue weighted by Crippen LogP contribution is 2.45. The number of methoxy groups -OCH3 is 2. The molecule has 0 heterocycles. The Labute approximate surface area is 233 Å². The van der Waals surface area contributed by atoms with Crippen molar-refractivity contribution in [2.24, 2.45) is 11.0 Å². The molecule has 0 spiro atoms. The van der Waals surface area contributed by atoms with E-state index in [1.807, 2.05) is 30.3 Å². The largest absolute Gasteiger partial charge is 0.497 e. The van der Waals surface area contributed by atoms with Crippen molar-refractivity contribution < 1.29 is 28.1 Å². The molecule has 1 saturated carbocycles. The minimum atomic E-state index is -0.846. The standard InChI is InChI=1S/C31H34FN3O5/c1-31(2,19-34-35-33)40-29-14-20(8-12-25(29)27-16-23(37-3)11-13-28(27)32)18-39-24-7-5-6-22(15-24)26(21-9-10-21)17-30(36)38-4/h5-8,11-16,21,26H,9-10,17-19H2,1-4H3/t26-/m1/s1. The second-order valence-corrected chi connectivity index (χ2v) is 10.5. The van der Waals surface area contributed by atoms with Crippen LogP contribution in [0, 0.1) is 11.7 Å². The second kappa shape index (κ2) is 12.7. The van der Waals surface area contributed by atoms with Gasteiger partial charge in [-0.3, -0.25) is 4.79 Å². The Hall–Kier alpha value is -4.23. The van der Waals surface area contributed by atoms with Gasteiger partial charge in [-0.15, -0.1) is 0 Å². The van der Waals surface area contributed by atoms with Crippen molar-refractivity contribution in [3.8, 4) is 28.4 Å². The summed E-state index contributed by atoms with van der Waals surface area (Å²) in [6, 6.07) is 17.8. The molecule has 0 aromatic heterocycles. The minimum Gasteiger partial charge on any atom is -0.497 e. The highest BCUT2D eigenvalue weighted by molar-refractivity contribution is 5.73. The van der Waals surface area contributed by atoms with Crippen LogP contribution < -0.4 is 14.2 Å². The number of azide groups is 1. The van der Waals surface area contributed by atoms with Crippen LogP contribution in [0.2, 0.25) is 0 Å². The first-order valence-corrected chi connectivity index (χ1v) is 13.2. The van der Waals surface area contributed by atoms with E-state index in [0.29, 0.717) is 40.7 Å². The van der Waals surface area contributed by atoms with Gasteiger partial charge in [-0.2, -0.15) is 0 Å². The number of hydrogen-bond donors (Lipinski definition) is 0. The maximum atomic E-state index is 14.9. The molecular formula is C31H34FN3O5. The van der Waals surface area contributed by atoms with Crippen molar-refractivity contribution in [1.82, 2.24) is 0 Å². The van der Waals surface area contributed by atoms with Crippen molar-refractivity contribution in [3.63, 3.8) is 0 Å².